The zero-order chi connectivity index (χ0) is 13.0. The fourth-order valence-corrected chi connectivity index (χ4v) is 1.89. The van der Waals surface area contributed by atoms with Crippen LogP contribution in [0.4, 0.5) is 5.69 Å². The lowest BCUT2D eigenvalue weighted by Gasteiger charge is -2.11. The molecule has 1 amide bonds. The second-order valence-electron chi connectivity index (χ2n) is 4.70. The monoisotopic (exact) mass is 242 g/mol. The molecule has 1 aliphatic rings. The molecule has 1 unspecified atom stereocenters. The number of benzene rings is 1. The number of carbonyl (C=O) groups is 1. The Kier molecular flexibility index (Phi) is 4.01. The number of hydrogen-bond acceptors (Lipinski definition) is 2. The molecule has 3 heteroatoms. The maximum atomic E-state index is 12.0. The maximum absolute atomic E-state index is 12.0. The van der Waals surface area contributed by atoms with Gasteiger partial charge in [-0.3, -0.25) is 4.79 Å². The first-order valence-corrected chi connectivity index (χ1v) is 6.30. The van der Waals surface area contributed by atoms with Crippen molar-refractivity contribution in [3.8, 4) is 11.8 Å². The minimum absolute atomic E-state index is 0.0986. The van der Waals surface area contributed by atoms with Crippen LogP contribution >= 0.6 is 0 Å². The summed E-state index contributed by atoms with van der Waals surface area (Å²) in [5.41, 5.74) is 7.01. The molecule has 0 aliphatic heterocycles. The van der Waals surface area contributed by atoms with Crippen molar-refractivity contribution in [2.24, 2.45) is 17.6 Å². The predicted molar refractivity (Wildman–Crippen MR) is 72.9 cm³/mol. The summed E-state index contributed by atoms with van der Waals surface area (Å²) < 4.78 is 0. The molecular formula is C15H18N2O. The van der Waals surface area contributed by atoms with Crippen molar-refractivity contribution in [3.05, 3.63) is 29.8 Å². The molecule has 1 saturated carbocycles. The molecule has 1 fully saturated rings. The van der Waals surface area contributed by atoms with Gasteiger partial charge in [0.2, 0.25) is 5.91 Å². The van der Waals surface area contributed by atoms with Crippen LogP contribution in [0.1, 0.15) is 25.3 Å². The molecule has 2 rings (SSSR count). The van der Waals surface area contributed by atoms with Gasteiger partial charge in [-0.2, -0.15) is 0 Å². The van der Waals surface area contributed by atoms with Crippen molar-refractivity contribution < 1.29 is 4.79 Å². The van der Waals surface area contributed by atoms with Crippen LogP contribution in [-0.4, -0.2) is 12.5 Å². The molecule has 0 radical (unpaired) electrons. The van der Waals surface area contributed by atoms with E-state index in [-0.39, 0.29) is 11.8 Å². The Balaban J connectivity index is 2.02. The van der Waals surface area contributed by atoms with Gasteiger partial charge in [-0.15, -0.1) is 0 Å². The van der Waals surface area contributed by atoms with Crippen molar-refractivity contribution >= 4 is 11.6 Å². The highest BCUT2D eigenvalue weighted by Crippen LogP contribution is 2.37. The van der Waals surface area contributed by atoms with E-state index in [2.05, 4.69) is 17.2 Å². The molecule has 18 heavy (non-hydrogen) atoms. The molecule has 0 aromatic heterocycles. The van der Waals surface area contributed by atoms with Gasteiger partial charge in [-0.1, -0.05) is 24.8 Å². The molecule has 0 heterocycles. The quantitative estimate of drug-likeness (QED) is 0.796. The fraction of sp³-hybridized carbons (Fsp3) is 0.400. The number of nitrogens with one attached hydrogen (secondary N) is 1. The van der Waals surface area contributed by atoms with Crippen molar-refractivity contribution in [1.29, 1.82) is 0 Å². The van der Waals surface area contributed by atoms with Crippen LogP contribution < -0.4 is 11.1 Å². The summed E-state index contributed by atoms with van der Waals surface area (Å²) in [6, 6.07) is 7.55. The molecule has 0 spiro atoms. The molecule has 1 aromatic carbocycles. The second-order valence-corrected chi connectivity index (χ2v) is 4.70. The first-order chi connectivity index (χ1) is 8.70. The lowest BCUT2D eigenvalue weighted by molar-refractivity contribution is -0.119. The van der Waals surface area contributed by atoms with Crippen molar-refractivity contribution in [1.82, 2.24) is 0 Å². The van der Waals surface area contributed by atoms with E-state index in [1.165, 1.54) is 12.8 Å². The van der Waals surface area contributed by atoms with E-state index in [0.29, 0.717) is 12.5 Å². The highest BCUT2D eigenvalue weighted by molar-refractivity contribution is 5.92. The largest absolute Gasteiger partial charge is 0.326 e. The van der Waals surface area contributed by atoms with Gasteiger partial charge in [0.15, 0.2) is 0 Å². The first kappa shape index (κ1) is 12.7. The van der Waals surface area contributed by atoms with Gasteiger partial charge in [-0.25, -0.2) is 0 Å². The standard InChI is InChI=1S/C15H18N2O/c1-11(13-7-8-13)15(18)17-14-6-2-4-12(10-14)5-3-9-16/h2,4,6,10-11,13H,7-9,16H2,1H3,(H,17,18). The smallest absolute Gasteiger partial charge is 0.227 e. The Bertz CT molecular complexity index is 495. The Morgan fingerprint density at radius 1 is 1.56 bits per heavy atom. The van der Waals surface area contributed by atoms with E-state index >= 15 is 0 Å². The number of anilines is 1. The number of amides is 1. The maximum Gasteiger partial charge on any atom is 0.227 e. The average Bonchev–Trinajstić information content (AvgIpc) is 3.20. The highest BCUT2D eigenvalue weighted by Gasteiger charge is 2.32. The Morgan fingerprint density at radius 3 is 3.00 bits per heavy atom. The normalized spacial score (nSPS) is 15.4. The number of carbonyl (C=O) groups excluding carboxylic acids is 1. The van der Waals surface area contributed by atoms with Crippen LogP contribution in [0, 0.1) is 23.7 Å². The molecule has 0 bridgehead atoms. The summed E-state index contributed by atoms with van der Waals surface area (Å²) in [6.45, 7) is 2.33. The molecular weight excluding hydrogens is 224 g/mol. The van der Waals surface area contributed by atoms with Gasteiger partial charge >= 0.3 is 0 Å². The summed E-state index contributed by atoms with van der Waals surface area (Å²) in [4.78, 5) is 12.0. The lowest BCUT2D eigenvalue weighted by atomic mass is 10.1. The second kappa shape index (κ2) is 5.70. The topological polar surface area (TPSA) is 55.1 Å². The van der Waals surface area contributed by atoms with E-state index in [4.69, 9.17) is 5.73 Å². The minimum atomic E-state index is 0.0986. The van der Waals surface area contributed by atoms with E-state index < -0.39 is 0 Å². The number of nitrogens with two attached hydrogens (primary N) is 1. The Morgan fingerprint density at radius 2 is 2.33 bits per heavy atom. The molecule has 0 saturated heterocycles. The summed E-state index contributed by atoms with van der Waals surface area (Å²) in [5, 5.41) is 2.94. The molecule has 94 valence electrons. The SMILES string of the molecule is CC(C(=O)Nc1cccc(C#CCN)c1)C1CC1. The Hall–Kier alpha value is -1.79. The molecule has 1 aromatic rings. The van der Waals surface area contributed by atoms with Crippen LogP contribution in [0.15, 0.2) is 24.3 Å². The summed E-state index contributed by atoms with van der Waals surface area (Å²) in [7, 11) is 0. The fourth-order valence-electron chi connectivity index (χ4n) is 1.89. The summed E-state index contributed by atoms with van der Waals surface area (Å²) in [5.74, 6) is 6.53. The van der Waals surface area contributed by atoms with Gasteiger partial charge in [0, 0.05) is 17.2 Å². The van der Waals surface area contributed by atoms with Crippen LogP contribution in [0.25, 0.3) is 0 Å². The van der Waals surface area contributed by atoms with Crippen LogP contribution in [0.2, 0.25) is 0 Å². The highest BCUT2D eigenvalue weighted by atomic mass is 16.1. The van der Waals surface area contributed by atoms with Gasteiger partial charge in [-0.05, 0) is 37.0 Å². The van der Waals surface area contributed by atoms with E-state index in [0.717, 1.165) is 11.3 Å². The zero-order valence-electron chi connectivity index (χ0n) is 10.6. The third-order valence-electron chi connectivity index (χ3n) is 3.21. The van der Waals surface area contributed by atoms with E-state index in [9.17, 15) is 4.79 Å². The van der Waals surface area contributed by atoms with Crippen molar-refractivity contribution in [3.63, 3.8) is 0 Å². The third-order valence-corrected chi connectivity index (χ3v) is 3.21. The third kappa shape index (κ3) is 3.35. The molecule has 3 N–H and O–H groups in total. The van der Waals surface area contributed by atoms with Gasteiger partial charge in [0.25, 0.3) is 0 Å². The van der Waals surface area contributed by atoms with Gasteiger partial charge in [0.1, 0.15) is 0 Å². The average molecular weight is 242 g/mol. The molecule has 1 atom stereocenters. The lowest BCUT2D eigenvalue weighted by Crippen LogP contribution is -2.21. The van der Waals surface area contributed by atoms with Crippen LogP contribution in [0.5, 0.6) is 0 Å². The summed E-state index contributed by atoms with van der Waals surface area (Å²) in [6.07, 6.45) is 2.35. The molecule has 3 nitrogen and oxygen atoms in total. The van der Waals surface area contributed by atoms with Crippen LogP contribution in [-0.2, 0) is 4.79 Å². The predicted octanol–water partition coefficient (Wildman–Crippen LogP) is 1.98. The Labute approximate surface area is 108 Å². The van der Waals surface area contributed by atoms with E-state index in [1.54, 1.807) is 0 Å². The number of hydrogen-bond donors (Lipinski definition) is 2. The van der Waals surface area contributed by atoms with Crippen molar-refractivity contribution in [2.45, 2.75) is 19.8 Å². The van der Waals surface area contributed by atoms with Gasteiger partial charge < -0.3 is 11.1 Å². The molecule has 1 aliphatic carbocycles. The first-order valence-electron chi connectivity index (χ1n) is 6.30. The zero-order valence-corrected chi connectivity index (χ0v) is 10.6. The van der Waals surface area contributed by atoms with Crippen LogP contribution in [0.3, 0.4) is 0 Å². The minimum Gasteiger partial charge on any atom is -0.326 e. The van der Waals surface area contributed by atoms with E-state index in [1.807, 2.05) is 31.2 Å². The summed E-state index contributed by atoms with van der Waals surface area (Å²) >= 11 is 0. The van der Waals surface area contributed by atoms with Crippen molar-refractivity contribution in [2.75, 3.05) is 11.9 Å². The number of rotatable bonds is 3. The van der Waals surface area contributed by atoms with Gasteiger partial charge in [0.05, 0.1) is 6.54 Å².